The number of carbonyl (C=O) groups is 1. The van der Waals surface area contributed by atoms with Crippen LogP contribution in [0.1, 0.15) is 42.2 Å². The average molecular weight is 427 g/mol. The summed E-state index contributed by atoms with van der Waals surface area (Å²) in [4.78, 5) is 24.2. The van der Waals surface area contributed by atoms with E-state index >= 15 is 0 Å². The minimum absolute atomic E-state index is 0. The molecule has 1 aliphatic rings. The molecule has 1 N–H and O–H groups in total. The summed E-state index contributed by atoms with van der Waals surface area (Å²) in [6.07, 6.45) is 4.94. The van der Waals surface area contributed by atoms with Gasteiger partial charge in [-0.3, -0.25) is 4.79 Å². The maximum absolute atomic E-state index is 13.3. The van der Waals surface area contributed by atoms with Gasteiger partial charge in [0.15, 0.2) is 5.65 Å². The number of nitrogens with zero attached hydrogens (tertiary/aromatic N) is 3. The van der Waals surface area contributed by atoms with Crippen LogP contribution in [0.3, 0.4) is 0 Å². The molecule has 0 aliphatic carbocycles. The highest BCUT2D eigenvalue weighted by atomic mass is 35.5. The van der Waals surface area contributed by atoms with E-state index in [-0.39, 0.29) is 18.3 Å². The molecule has 6 nitrogen and oxygen atoms in total. The number of fused-ring (bicyclic) bond motifs is 1. The van der Waals surface area contributed by atoms with Crippen molar-refractivity contribution >= 4 is 40.7 Å². The molecule has 3 heterocycles. The molecular formula is C23H27ClN4O2. The Labute approximate surface area is 183 Å². The number of piperidine rings is 1. The van der Waals surface area contributed by atoms with Crippen molar-refractivity contribution in [2.75, 3.05) is 25.0 Å². The summed E-state index contributed by atoms with van der Waals surface area (Å²) in [7, 11) is 0. The van der Waals surface area contributed by atoms with Gasteiger partial charge in [-0.25, -0.2) is 9.97 Å². The Morgan fingerprint density at radius 2 is 1.83 bits per heavy atom. The molecule has 1 aliphatic heterocycles. The number of anilines is 2. The maximum Gasteiger partial charge on any atom is 0.257 e. The minimum Gasteiger partial charge on any atom is -0.494 e. The zero-order valence-electron chi connectivity index (χ0n) is 17.4. The van der Waals surface area contributed by atoms with Gasteiger partial charge in [-0.05, 0) is 69.5 Å². The third-order valence-corrected chi connectivity index (χ3v) is 5.18. The molecule has 30 heavy (non-hydrogen) atoms. The van der Waals surface area contributed by atoms with Crippen LogP contribution in [0.4, 0.5) is 11.4 Å². The van der Waals surface area contributed by atoms with E-state index in [9.17, 15) is 4.79 Å². The maximum atomic E-state index is 13.3. The second kappa shape index (κ2) is 9.76. The molecule has 0 radical (unpaired) electrons. The van der Waals surface area contributed by atoms with Crippen LogP contribution in [0.15, 0.2) is 42.6 Å². The Hall–Kier alpha value is -2.86. The van der Waals surface area contributed by atoms with E-state index in [2.05, 4.69) is 15.3 Å². The van der Waals surface area contributed by atoms with E-state index < -0.39 is 0 Å². The van der Waals surface area contributed by atoms with Gasteiger partial charge in [0.2, 0.25) is 0 Å². The van der Waals surface area contributed by atoms with Crippen LogP contribution in [-0.2, 0) is 0 Å². The Kier molecular flexibility index (Phi) is 7.11. The number of aryl methyl sites for hydroxylation is 1. The standard InChI is InChI=1S/C23H26N4O2.ClH/c1-3-29-18-10-8-17(9-11-18)26-21-19-12-7-16(2)25-22(19)24-15-20(21)23(28)27-13-5-4-6-14-27;/h7-12,15H,3-6,13-14H2,1-2H3,(H,24,25,26);1H. The summed E-state index contributed by atoms with van der Waals surface area (Å²) in [5.41, 5.74) is 3.75. The van der Waals surface area contributed by atoms with Gasteiger partial charge in [0.05, 0.1) is 17.9 Å². The van der Waals surface area contributed by atoms with Gasteiger partial charge in [-0.15, -0.1) is 12.4 Å². The van der Waals surface area contributed by atoms with Crippen molar-refractivity contribution in [3.8, 4) is 5.75 Å². The van der Waals surface area contributed by atoms with Crippen LogP contribution >= 0.6 is 12.4 Å². The Balaban J connectivity index is 0.00000256. The molecule has 4 rings (SSSR count). The Morgan fingerprint density at radius 1 is 1.10 bits per heavy atom. The van der Waals surface area contributed by atoms with Crippen LogP contribution < -0.4 is 10.1 Å². The number of carbonyl (C=O) groups excluding carboxylic acids is 1. The Bertz CT molecular complexity index is 1020. The Morgan fingerprint density at radius 3 is 2.53 bits per heavy atom. The van der Waals surface area contributed by atoms with Crippen molar-refractivity contribution in [2.24, 2.45) is 0 Å². The first-order valence-electron chi connectivity index (χ1n) is 10.2. The summed E-state index contributed by atoms with van der Waals surface area (Å²) in [6.45, 7) is 6.12. The number of ether oxygens (including phenoxy) is 1. The zero-order chi connectivity index (χ0) is 20.2. The van der Waals surface area contributed by atoms with Crippen LogP contribution in [-0.4, -0.2) is 40.5 Å². The van der Waals surface area contributed by atoms with Crippen molar-refractivity contribution in [1.29, 1.82) is 0 Å². The van der Waals surface area contributed by atoms with E-state index in [4.69, 9.17) is 4.74 Å². The summed E-state index contributed by atoms with van der Waals surface area (Å²) in [5.74, 6) is 0.840. The normalized spacial score (nSPS) is 13.6. The molecule has 1 aromatic carbocycles. The van der Waals surface area contributed by atoms with Gasteiger partial charge in [-0.2, -0.15) is 0 Å². The molecular weight excluding hydrogens is 400 g/mol. The fourth-order valence-electron chi connectivity index (χ4n) is 3.68. The number of hydrogen-bond acceptors (Lipinski definition) is 5. The fourth-order valence-corrected chi connectivity index (χ4v) is 3.68. The van der Waals surface area contributed by atoms with Crippen molar-refractivity contribution in [2.45, 2.75) is 33.1 Å². The van der Waals surface area contributed by atoms with Gasteiger partial charge in [0, 0.05) is 36.1 Å². The smallest absolute Gasteiger partial charge is 0.257 e. The molecule has 0 atom stereocenters. The van der Waals surface area contributed by atoms with Crippen LogP contribution in [0.2, 0.25) is 0 Å². The molecule has 1 fully saturated rings. The fraction of sp³-hybridized carbons (Fsp3) is 0.348. The van der Waals surface area contributed by atoms with Crippen molar-refractivity contribution in [3.63, 3.8) is 0 Å². The number of aromatic nitrogens is 2. The van der Waals surface area contributed by atoms with Crippen molar-refractivity contribution in [1.82, 2.24) is 14.9 Å². The summed E-state index contributed by atoms with van der Waals surface area (Å²) >= 11 is 0. The molecule has 3 aromatic rings. The van der Waals surface area contributed by atoms with Crippen LogP contribution in [0.5, 0.6) is 5.75 Å². The number of amides is 1. The number of pyridine rings is 2. The second-order valence-corrected chi connectivity index (χ2v) is 7.31. The highest BCUT2D eigenvalue weighted by Crippen LogP contribution is 2.31. The van der Waals surface area contributed by atoms with E-state index in [1.165, 1.54) is 6.42 Å². The molecule has 2 aromatic heterocycles. The number of hydrogen-bond donors (Lipinski definition) is 1. The summed E-state index contributed by atoms with van der Waals surface area (Å²) < 4.78 is 5.53. The molecule has 7 heteroatoms. The van der Waals surface area contributed by atoms with Gasteiger partial charge < -0.3 is 15.0 Å². The quantitative estimate of drug-likeness (QED) is 0.612. The molecule has 1 amide bonds. The van der Waals surface area contributed by atoms with Gasteiger partial charge in [0.25, 0.3) is 5.91 Å². The van der Waals surface area contributed by atoms with Gasteiger partial charge >= 0.3 is 0 Å². The monoisotopic (exact) mass is 426 g/mol. The van der Waals surface area contributed by atoms with Crippen LogP contribution in [0, 0.1) is 6.92 Å². The molecule has 0 spiro atoms. The highest BCUT2D eigenvalue weighted by Gasteiger charge is 2.23. The number of nitrogens with one attached hydrogen (secondary N) is 1. The molecule has 158 valence electrons. The SMILES string of the molecule is CCOc1ccc(Nc2c(C(=O)N3CCCCC3)cnc3nc(C)ccc23)cc1.Cl. The lowest BCUT2D eigenvalue weighted by Gasteiger charge is -2.27. The first-order chi connectivity index (χ1) is 14.2. The van der Waals surface area contributed by atoms with E-state index in [0.29, 0.717) is 17.8 Å². The second-order valence-electron chi connectivity index (χ2n) is 7.31. The minimum atomic E-state index is 0. The molecule has 0 unspecified atom stereocenters. The third kappa shape index (κ3) is 4.65. The molecule has 0 saturated carbocycles. The van der Waals surface area contributed by atoms with Crippen molar-refractivity contribution < 1.29 is 9.53 Å². The summed E-state index contributed by atoms with van der Waals surface area (Å²) in [5, 5.41) is 4.28. The first-order valence-corrected chi connectivity index (χ1v) is 10.2. The average Bonchev–Trinajstić information content (AvgIpc) is 2.75. The van der Waals surface area contributed by atoms with E-state index in [0.717, 1.165) is 54.1 Å². The topological polar surface area (TPSA) is 67.3 Å². The number of halogens is 1. The zero-order valence-corrected chi connectivity index (χ0v) is 18.2. The van der Waals surface area contributed by atoms with Gasteiger partial charge in [0.1, 0.15) is 5.75 Å². The lowest BCUT2D eigenvalue weighted by Crippen LogP contribution is -2.36. The van der Waals surface area contributed by atoms with Gasteiger partial charge in [-0.1, -0.05) is 0 Å². The first kappa shape index (κ1) is 21.8. The van der Waals surface area contributed by atoms with E-state index in [1.54, 1.807) is 6.20 Å². The third-order valence-electron chi connectivity index (χ3n) is 5.18. The number of benzene rings is 1. The van der Waals surface area contributed by atoms with Crippen molar-refractivity contribution in [3.05, 3.63) is 53.9 Å². The highest BCUT2D eigenvalue weighted by molar-refractivity contribution is 6.07. The lowest BCUT2D eigenvalue weighted by atomic mass is 10.1. The lowest BCUT2D eigenvalue weighted by molar-refractivity contribution is 0.0725. The largest absolute Gasteiger partial charge is 0.494 e. The number of likely N-dealkylation sites (tertiary alicyclic amines) is 1. The van der Waals surface area contributed by atoms with E-state index in [1.807, 2.05) is 55.1 Å². The summed E-state index contributed by atoms with van der Waals surface area (Å²) in [6, 6.07) is 11.7. The predicted octanol–water partition coefficient (Wildman–Crippen LogP) is 5.13. The molecule has 1 saturated heterocycles. The molecule has 0 bridgehead atoms. The number of rotatable bonds is 5. The van der Waals surface area contributed by atoms with Crippen LogP contribution in [0.25, 0.3) is 11.0 Å². The predicted molar refractivity (Wildman–Crippen MR) is 122 cm³/mol.